The number of nitrogens with zero attached hydrogens (tertiary/aromatic N) is 2. The summed E-state index contributed by atoms with van der Waals surface area (Å²) in [5.74, 6) is 0.893. The van der Waals surface area contributed by atoms with E-state index in [2.05, 4.69) is 41.4 Å². The molecule has 2 saturated heterocycles. The predicted octanol–water partition coefficient (Wildman–Crippen LogP) is 4.08. The van der Waals surface area contributed by atoms with Crippen LogP contribution in [0.2, 0.25) is 0 Å². The molecule has 3 rings (SSSR count). The molecule has 0 bridgehead atoms. The lowest BCUT2D eigenvalue weighted by Crippen LogP contribution is -2.56. The maximum absolute atomic E-state index is 12.9. The number of carbonyl (C=O) groups excluding carboxylic acids is 2. The van der Waals surface area contributed by atoms with E-state index >= 15 is 0 Å². The Kier molecular flexibility index (Phi) is 7.63. The van der Waals surface area contributed by atoms with Crippen molar-refractivity contribution in [2.75, 3.05) is 32.7 Å². The first kappa shape index (κ1) is 23.6. The second-order valence-corrected chi connectivity index (χ2v) is 10.3. The van der Waals surface area contributed by atoms with Crippen molar-refractivity contribution in [3.63, 3.8) is 0 Å². The first-order valence-electron chi connectivity index (χ1n) is 11.7. The summed E-state index contributed by atoms with van der Waals surface area (Å²) in [4.78, 5) is 29.2. The number of rotatable bonds is 6. The van der Waals surface area contributed by atoms with Gasteiger partial charge in [0.1, 0.15) is 5.60 Å². The SMILES string of the molecule is CC1CCN(C(CNC(=O)C(C)C2CN(C(=O)OC(C)(C)C)C2)c2ccccc2)CC1. The molecule has 0 aliphatic carbocycles. The van der Waals surface area contributed by atoms with Crippen LogP contribution in [-0.4, -0.2) is 60.1 Å². The second-order valence-electron chi connectivity index (χ2n) is 10.3. The van der Waals surface area contributed by atoms with E-state index in [9.17, 15) is 9.59 Å². The van der Waals surface area contributed by atoms with Gasteiger partial charge in [0.25, 0.3) is 0 Å². The van der Waals surface area contributed by atoms with Crippen LogP contribution in [0.25, 0.3) is 0 Å². The van der Waals surface area contributed by atoms with E-state index < -0.39 is 5.60 Å². The molecule has 2 fully saturated rings. The van der Waals surface area contributed by atoms with Crippen molar-refractivity contribution >= 4 is 12.0 Å². The zero-order valence-corrected chi connectivity index (χ0v) is 19.8. The molecule has 0 aromatic heterocycles. The first-order valence-corrected chi connectivity index (χ1v) is 11.7. The van der Waals surface area contributed by atoms with Gasteiger partial charge in [0.05, 0.1) is 6.04 Å². The van der Waals surface area contributed by atoms with Crippen molar-refractivity contribution in [1.29, 1.82) is 0 Å². The van der Waals surface area contributed by atoms with Crippen molar-refractivity contribution in [3.8, 4) is 0 Å². The molecule has 0 radical (unpaired) electrons. The summed E-state index contributed by atoms with van der Waals surface area (Å²) in [6.45, 7) is 13.8. The van der Waals surface area contributed by atoms with Crippen LogP contribution in [0.15, 0.2) is 30.3 Å². The average molecular weight is 430 g/mol. The first-order chi connectivity index (χ1) is 14.6. The van der Waals surface area contributed by atoms with Gasteiger partial charge in [-0.05, 0) is 58.2 Å². The highest BCUT2D eigenvalue weighted by atomic mass is 16.6. The molecule has 2 atom stereocenters. The van der Waals surface area contributed by atoms with Crippen LogP contribution in [0.4, 0.5) is 4.79 Å². The molecule has 6 heteroatoms. The minimum atomic E-state index is -0.496. The second kappa shape index (κ2) is 10.0. The van der Waals surface area contributed by atoms with Crippen molar-refractivity contribution in [3.05, 3.63) is 35.9 Å². The Morgan fingerprint density at radius 1 is 1.13 bits per heavy atom. The van der Waals surface area contributed by atoms with E-state index in [0.29, 0.717) is 19.6 Å². The molecule has 2 heterocycles. The van der Waals surface area contributed by atoms with Gasteiger partial charge in [-0.1, -0.05) is 44.2 Å². The Morgan fingerprint density at radius 2 is 1.74 bits per heavy atom. The topological polar surface area (TPSA) is 61.9 Å². The van der Waals surface area contributed by atoms with Crippen LogP contribution in [0.1, 0.15) is 59.1 Å². The number of ether oxygens (including phenoxy) is 1. The van der Waals surface area contributed by atoms with Crippen LogP contribution < -0.4 is 5.32 Å². The third kappa shape index (κ3) is 6.45. The number of hydrogen-bond donors (Lipinski definition) is 1. The lowest BCUT2D eigenvalue weighted by Gasteiger charge is -2.42. The smallest absolute Gasteiger partial charge is 0.410 e. The zero-order chi connectivity index (χ0) is 22.6. The third-order valence-electron chi connectivity index (χ3n) is 6.60. The van der Waals surface area contributed by atoms with E-state index in [4.69, 9.17) is 4.74 Å². The molecular formula is C25H39N3O3. The van der Waals surface area contributed by atoms with Crippen LogP contribution in [0, 0.1) is 17.8 Å². The Bertz CT molecular complexity index is 732. The lowest BCUT2D eigenvalue weighted by atomic mass is 9.86. The molecular weight excluding hydrogens is 390 g/mol. The highest BCUT2D eigenvalue weighted by molar-refractivity contribution is 5.79. The van der Waals surface area contributed by atoms with E-state index in [1.54, 1.807) is 4.90 Å². The minimum absolute atomic E-state index is 0.0696. The fraction of sp³-hybridized carbons (Fsp3) is 0.680. The molecule has 2 aliphatic heterocycles. The summed E-state index contributed by atoms with van der Waals surface area (Å²) >= 11 is 0. The van der Waals surface area contributed by atoms with Crippen molar-refractivity contribution in [2.45, 2.75) is 59.1 Å². The summed E-state index contributed by atoms with van der Waals surface area (Å²) in [6.07, 6.45) is 2.12. The number of carbonyl (C=O) groups is 2. The molecule has 6 nitrogen and oxygen atoms in total. The fourth-order valence-corrected chi connectivity index (χ4v) is 4.35. The minimum Gasteiger partial charge on any atom is -0.444 e. The maximum atomic E-state index is 12.9. The number of amides is 2. The summed E-state index contributed by atoms with van der Waals surface area (Å²) in [6, 6.07) is 10.7. The van der Waals surface area contributed by atoms with Gasteiger partial charge in [-0.2, -0.15) is 0 Å². The molecule has 1 aromatic carbocycles. The Labute approximate surface area is 187 Å². The molecule has 31 heavy (non-hydrogen) atoms. The predicted molar refractivity (Wildman–Crippen MR) is 123 cm³/mol. The highest BCUT2D eigenvalue weighted by Crippen LogP contribution is 2.28. The zero-order valence-electron chi connectivity index (χ0n) is 19.8. The monoisotopic (exact) mass is 429 g/mol. The van der Waals surface area contributed by atoms with Crippen LogP contribution in [-0.2, 0) is 9.53 Å². The lowest BCUT2D eigenvalue weighted by molar-refractivity contribution is -0.128. The highest BCUT2D eigenvalue weighted by Gasteiger charge is 2.39. The molecule has 1 aromatic rings. The third-order valence-corrected chi connectivity index (χ3v) is 6.60. The number of likely N-dealkylation sites (tertiary alicyclic amines) is 2. The van der Waals surface area contributed by atoms with E-state index in [1.165, 1.54) is 18.4 Å². The maximum Gasteiger partial charge on any atom is 0.410 e. The summed E-state index contributed by atoms with van der Waals surface area (Å²) < 4.78 is 5.41. The van der Waals surface area contributed by atoms with Gasteiger partial charge in [-0.3, -0.25) is 9.69 Å². The summed E-state index contributed by atoms with van der Waals surface area (Å²) in [7, 11) is 0. The van der Waals surface area contributed by atoms with Crippen molar-refractivity contribution in [1.82, 2.24) is 15.1 Å². The van der Waals surface area contributed by atoms with Gasteiger partial charge in [-0.15, -0.1) is 0 Å². The molecule has 2 unspecified atom stereocenters. The van der Waals surface area contributed by atoms with Crippen LogP contribution in [0.5, 0.6) is 0 Å². The van der Waals surface area contributed by atoms with Gasteiger partial charge in [0.2, 0.25) is 5.91 Å². The molecule has 2 aliphatic rings. The molecule has 0 saturated carbocycles. The van der Waals surface area contributed by atoms with Gasteiger partial charge in [0.15, 0.2) is 0 Å². The average Bonchev–Trinajstić information content (AvgIpc) is 2.67. The van der Waals surface area contributed by atoms with E-state index in [0.717, 1.165) is 19.0 Å². The van der Waals surface area contributed by atoms with Crippen LogP contribution in [0.3, 0.4) is 0 Å². The standard InChI is InChI=1S/C25H39N3O3/c1-18-11-13-27(14-12-18)22(20-9-7-6-8-10-20)15-26-23(29)19(2)21-16-28(17-21)24(30)31-25(3,4)5/h6-10,18-19,21-22H,11-17H2,1-5H3,(H,26,29). The molecule has 1 N–H and O–H groups in total. The van der Waals surface area contributed by atoms with E-state index in [-0.39, 0.29) is 29.9 Å². The largest absolute Gasteiger partial charge is 0.444 e. The van der Waals surface area contributed by atoms with Gasteiger partial charge >= 0.3 is 6.09 Å². The quantitative estimate of drug-likeness (QED) is 0.740. The van der Waals surface area contributed by atoms with Crippen molar-refractivity contribution in [2.24, 2.45) is 17.8 Å². The number of nitrogens with one attached hydrogen (secondary N) is 1. The number of piperidine rings is 1. The Balaban J connectivity index is 1.52. The van der Waals surface area contributed by atoms with Gasteiger partial charge in [0, 0.05) is 31.5 Å². The van der Waals surface area contributed by atoms with Crippen molar-refractivity contribution < 1.29 is 14.3 Å². The summed E-state index contributed by atoms with van der Waals surface area (Å²) in [5, 5.41) is 3.21. The normalized spacial score (nSPS) is 20.6. The van der Waals surface area contributed by atoms with Gasteiger partial charge < -0.3 is 15.0 Å². The van der Waals surface area contributed by atoms with Gasteiger partial charge in [-0.25, -0.2) is 4.79 Å². The Hall–Kier alpha value is -2.08. The van der Waals surface area contributed by atoms with E-state index in [1.807, 2.05) is 33.8 Å². The molecule has 172 valence electrons. The van der Waals surface area contributed by atoms with Crippen LogP contribution >= 0.6 is 0 Å². The summed E-state index contributed by atoms with van der Waals surface area (Å²) in [5.41, 5.74) is 0.758. The number of hydrogen-bond acceptors (Lipinski definition) is 4. The number of benzene rings is 1. The Morgan fingerprint density at radius 3 is 2.32 bits per heavy atom. The fourth-order valence-electron chi connectivity index (χ4n) is 4.35. The molecule has 2 amide bonds. The molecule has 0 spiro atoms.